The molecule has 0 aliphatic heterocycles. The van der Waals surface area contributed by atoms with Gasteiger partial charge in [-0.3, -0.25) is 9.78 Å². The summed E-state index contributed by atoms with van der Waals surface area (Å²) in [5.74, 6) is 1.04. The molecule has 2 fully saturated rings. The molecule has 9 nitrogen and oxygen atoms in total. The molecule has 5 atom stereocenters. The number of benzene rings is 2. The van der Waals surface area contributed by atoms with E-state index < -0.39 is 31.0 Å². The van der Waals surface area contributed by atoms with Crippen molar-refractivity contribution in [2.45, 2.75) is 113 Å². The molecular formula is C39H52N2O7. The second-order valence-corrected chi connectivity index (χ2v) is 14.1. The van der Waals surface area contributed by atoms with Gasteiger partial charge in [-0.2, -0.15) is 0 Å². The average Bonchev–Trinajstić information content (AvgIpc) is 4.04. The van der Waals surface area contributed by atoms with Crippen molar-refractivity contribution >= 4 is 5.91 Å². The molecule has 260 valence electrons. The maximum atomic E-state index is 12.7. The van der Waals surface area contributed by atoms with Gasteiger partial charge in [0.2, 0.25) is 5.91 Å². The highest BCUT2D eigenvalue weighted by molar-refractivity contribution is 5.76. The number of aromatic nitrogens is 1. The zero-order chi connectivity index (χ0) is 34.4. The third-order valence-electron chi connectivity index (χ3n) is 10.3. The number of aliphatic hydroxyl groups is 5. The van der Waals surface area contributed by atoms with Crippen molar-refractivity contribution in [2.75, 3.05) is 20.2 Å². The summed E-state index contributed by atoms with van der Waals surface area (Å²) in [6.45, 7) is 3.41. The fourth-order valence-electron chi connectivity index (χ4n) is 6.63. The van der Waals surface area contributed by atoms with Gasteiger partial charge in [0.1, 0.15) is 30.2 Å². The number of hydrogen-bond acceptors (Lipinski definition) is 8. The quantitative estimate of drug-likeness (QED) is 0.135. The Balaban J connectivity index is 1.16. The molecule has 2 aliphatic carbocycles. The van der Waals surface area contributed by atoms with Crippen molar-refractivity contribution in [3.05, 3.63) is 83.2 Å². The molecule has 1 aromatic heterocycles. The molecule has 1 amide bonds. The molecule has 5 N–H and O–H groups in total. The van der Waals surface area contributed by atoms with Gasteiger partial charge in [-0.15, -0.1) is 0 Å². The van der Waals surface area contributed by atoms with Crippen LogP contribution in [0.3, 0.4) is 0 Å². The molecule has 48 heavy (non-hydrogen) atoms. The van der Waals surface area contributed by atoms with Crippen LogP contribution in [0.2, 0.25) is 0 Å². The topological polar surface area (TPSA) is 144 Å². The molecule has 0 radical (unpaired) electrons. The minimum Gasteiger partial charge on any atom is -0.490 e. The van der Waals surface area contributed by atoms with Crippen molar-refractivity contribution < 1.29 is 35.1 Å². The van der Waals surface area contributed by atoms with Crippen LogP contribution in [0.4, 0.5) is 0 Å². The van der Waals surface area contributed by atoms with E-state index in [-0.39, 0.29) is 30.2 Å². The number of carbonyl (C=O) groups excluding carboxylic acids is 1. The van der Waals surface area contributed by atoms with Crippen LogP contribution in [-0.4, -0.2) is 92.0 Å². The van der Waals surface area contributed by atoms with Crippen molar-refractivity contribution in [2.24, 2.45) is 0 Å². The molecule has 2 aliphatic rings. The summed E-state index contributed by atoms with van der Waals surface area (Å²) in [6, 6.07) is 17.2. The number of para-hydroxylation sites is 1. The molecule has 0 spiro atoms. The van der Waals surface area contributed by atoms with E-state index in [9.17, 15) is 25.2 Å². The summed E-state index contributed by atoms with van der Waals surface area (Å²) in [6.07, 6.45) is 6.17. The maximum absolute atomic E-state index is 12.7. The normalized spacial score (nSPS) is 18.4. The number of aliphatic hydroxyl groups excluding tert-OH is 5. The molecule has 0 bridgehead atoms. The SMILES string of the molecule is Cc1ccc([C@@H](C)CCCC(=O)N(C)C[C@H](O)[C@@H](O)[C@H](O)[C@H](O)CO)cc1CCC1(c2cnccc2-c2ccccc2OC2CC2)CC1. The van der Waals surface area contributed by atoms with E-state index in [1.54, 1.807) is 0 Å². The molecule has 9 heteroatoms. The largest absolute Gasteiger partial charge is 0.490 e. The highest BCUT2D eigenvalue weighted by Gasteiger charge is 2.45. The van der Waals surface area contributed by atoms with Crippen molar-refractivity contribution in [3.8, 4) is 16.9 Å². The standard InChI is InChI=1S/C39H52N2O7/c1-25(7-6-10-36(45)41(3)23-33(43)37(46)38(47)34(44)24-42)27-12-11-26(2)28(21-27)15-17-39(18-19-39)32-22-40-20-16-30(32)31-8-4-5-9-35(31)48-29-13-14-29/h4-5,8-9,11-12,16,20-22,25,29,33-34,37-38,42-44,46-47H,6-7,10,13-15,17-19,23-24H2,1-3H3/t25-,33-,34+,37+,38+/m0/s1. The number of nitrogens with zero attached hydrogens (tertiary/aromatic N) is 2. The van der Waals surface area contributed by atoms with Crippen LogP contribution in [0, 0.1) is 6.92 Å². The smallest absolute Gasteiger partial charge is 0.222 e. The summed E-state index contributed by atoms with van der Waals surface area (Å²) < 4.78 is 6.29. The first-order chi connectivity index (χ1) is 23.0. The van der Waals surface area contributed by atoms with Crippen LogP contribution in [0.15, 0.2) is 60.9 Å². The highest BCUT2D eigenvalue weighted by Crippen LogP contribution is 2.55. The first kappa shape index (κ1) is 36.0. The van der Waals surface area contributed by atoms with E-state index in [1.165, 1.54) is 39.8 Å². The lowest BCUT2D eigenvalue weighted by Gasteiger charge is -2.28. The van der Waals surface area contributed by atoms with E-state index in [2.05, 4.69) is 67.5 Å². The van der Waals surface area contributed by atoms with Gasteiger partial charge in [0.15, 0.2) is 0 Å². The van der Waals surface area contributed by atoms with Crippen LogP contribution < -0.4 is 4.74 Å². The van der Waals surface area contributed by atoms with Crippen LogP contribution in [-0.2, 0) is 16.6 Å². The summed E-state index contributed by atoms with van der Waals surface area (Å²) in [4.78, 5) is 18.6. The van der Waals surface area contributed by atoms with E-state index in [4.69, 9.17) is 9.84 Å². The Morgan fingerprint density at radius 2 is 1.75 bits per heavy atom. The first-order valence-electron chi connectivity index (χ1n) is 17.4. The Labute approximate surface area is 284 Å². The molecule has 2 saturated carbocycles. The van der Waals surface area contributed by atoms with Gasteiger partial charge in [0, 0.05) is 38.0 Å². The van der Waals surface area contributed by atoms with Crippen molar-refractivity contribution in [1.29, 1.82) is 0 Å². The third kappa shape index (κ3) is 8.81. The Hall–Kier alpha value is -3.34. The molecule has 5 rings (SSSR count). The Bertz CT molecular complexity index is 1520. The molecule has 2 aromatic carbocycles. The molecule has 1 heterocycles. The lowest BCUT2D eigenvalue weighted by Crippen LogP contribution is -2.49. The second kappa shape index (κ2) is 15.9. The van der Waals surface area contributed by atoms with E-state index >= 15 is 0 Å². The second-order valence-electron chi connectivity index (χ2n) is 14.1. The van der Waals surface area contributed by atoms with Gasteiger partial charge in [0.05, 0.1) is 12.7 Å². The van der Waals surface area contributed by atoms with Crippen LogP contribution in [0.1, 0.15) is 86.5 Å². The van der Waals surface area contributed by atoms with Crippen molar-refractivity contribution in [3.63, 3.8) is 0 Å². The predicted octanol–water partition coefficient (Wildman–Crippen LogP) is 4.43. The summed E-state index contributed by atoms with van der Waals surface area (Å²) in [5.41, 5.74) is 7.68. The fourth-order valence-corrected chi connectivity index (χ4v) is 6.63. The van der Waals surface area contributed by atoms with Gasteiger partial charge < -0.3 is 35.2 Å². The monoisotopic (exact) mass is 660 g/mol. The average molecular weight is 661 g/mol. The lowest BCUT2D eigenvalue weighted by molar-refractivity contribution is -0.138. The van der Waals surface area contributed by atoms with Gasteiger partial charge in [-0.05, 0) is 110 Å². The lowest BCUT2D eigenvalue weighted by atomic mass is 9.84. The predicted molar refractivity (Wildman–Crippen MR) is 185 cm³/mol. The van der Waals surface area contributed by atoms with Gasteiger partial charge in [0.25, 0.3) is 0 Å². The van der Waals surface area contributed by atoms with Gasteiger partial charge in [-0.1, -0.05) is 43.3 Å². The Morgan fingerprint density at radius 1 is 1.02 bits per heavy atom. The summed E-state index contributed by atoms with van der Waals surface area (Å²) in [7, 11) is 1.53. The molecular weight excluding hydrogens is 608 g/mol. The Morgan fingerprint density at radius 3 is 2.46 bits per heavy atom. The number of hydrogen-bond donors (Lipinski definition) is 5. The number of pyridine rings is 1. The van der Waals surface area contributed by atoms with E-state index in [0.29, 0.717) is 12.5 Å². The van der Waals surface area contributed by atoms with Crippen LogP contribution in [0.25, 0.3) is 11.1 Å². The third-order valence-corrected chi connectivity index (χ3v) is 10.3. The van der Waals surface area contributed by atoms with Crippen molar-refractivity contribution in [1.82, 2.24) is 9.88 Å². The Kier molecular flexibility index (Phi) is 11.9. The summed E-state index contributed by atoms with van der Waals surface area (Å²) >= 11 is 0. The van der Waals surface area contributed by atoms with Gasteiger partial charge >= 0.3 is 0 Å². The number of aryl methyl sites for hydroxylation is 2. The number of likely N-dealkylation sites (N-methyl/N-ethyl adjacent to an activating group) is 1. The minimum absolute atomic E-state index is 0.108. The molecule has 3 aromatic rings. The molecule has 0 unspecified atom stereocenters. The van der Waals surface area contributed by atoms with E-state index in [0.717, 1.165) is 56.3 Å². The first-order valence-corrected chi connectivity index (χ1v) is 17.4. The van der Waals surface area contributed by atoms with E-state index in [1.807, 2.05) is 12.3 Å². The maximum Gasteiger partial charge on any atom is 0.222 e. The van der Waals surface area contributed by atoms with Crippen LogP contribution >= 0.6 is 0 Å². The zero-order valence-corrected chi connectivity index (χ0v) is 28.5. The fraction of sp³-hybridized carbons (Fsp3) is 0.538. The zero-order valence-electron chi connectivity index (χ0n) is 28.5. The minimum atomic E-state index is -1.72. The summed E-state index contributed by atoms with van der Waals surface area (Å²) in [5, 5.41) is 48.6. The van der Waals surface area contributed by atoms with Crippen LogP contribution in [0.5, 0.6) is 5.75 Å². The van der Waals surface area contributed by atoms with Gasteiger partial charge in [-0.25, -0.2) is 0 Å². The number of ether oxygens (including phenoxy) is 1. The number of rotatable bonds is 18. The number of amides is 1. The number of carbonyl (C=O) groups is 1. The molecule has 0 saturated heterocycles. The highest BCUT2D eigenvalue weighted by atomic mass is 16.5.